The number of nitriles is 1. The van der Waals surface area contributed by atoms with Crippen molar-refractivity contribution in [3.05, 3.63) is 94.8 Å². The lowest BCUT2D eigenvalue weighted by atomic mass is 10.0. The van der Waals surface area contributed by atoms with Crippen LogP contribution in [0.5, 0.6) is 0 Å². The summed E-state index contributed by atoms with van der Waals surface area (Å²) in [5.41, 5.74) is 3.82. The fourth-order valence-corrected chi connectivity index (χ4v) is 7.60. The fraction of sp³-hybridized carbons (Fsp3) is 0.429. The van der Waals surface area contributed by atoms with Crippen LogP contribution in [0.4, 0.5) is 0 Å². The van der Waals surface area contributed by atoms with Crippen molar-refractivity contribution in [3.8, 4) is 6.07 Å². The quantitative estimate of drug-likeness (QED) is 0.354. The van der Waals surface area contributed by atoms with Gasteiger partial charge in [-0.3, -0.25) is 24.4 Å². The number of pyridine rings is 1. The van der Waals surface area contributed by atoms with E-state index in [9.17, 15) is 14.1 Å². The number of nitrogens with one attached hydrogen (secondary N) is 1. The average molecular weight is 640 g/mol. The molecule has 11 heteroatoms. The van der Waals surface area contributed by atoms with Crippen LogP contribution >= 0.6 is 0 Å². The molecule has 3 fully saturated rings. The van der Waals surface area contributed by atoms with Crippen molar-refractivity contribution in [1.82, 2.24) is 29.3 Å². The standard InChI is InChI=1S/C35H41N7O3S/c36-23-27-3-5-28(6-4-27)25-39-17-13-31(14-18-39)38-34(43)30-9-12-33(37-24-30)35(44)41-21-19-40(20-22-41)26-29-7-10-32(11-8-29)46(45)42-15-1-2-16-42/h3-12,24,31H,1-2,13-22,25-26H2,(H,38,43). The van der Waals surface area contributed by atoms with Gasteiger partial charge in [-0.1, -0.05) is 24.3 Å². The highest BCUT2D eigenvalue weighted by Crippen LogP contribution is 2.22. The van der Waals surface area contributed by atoms with E-state index >= 15 is 0 Å². The summed E-state index contributed by atoms with van der Waals surface area (Å²) in [7, 11) is 0. The minimum atomic E-state index is -1.08. The van der Waals surface area contributed by atoms with Gasteiger partial charge >= 0.3 is 0 Å². The number of piperazine rings is 1. The van der Waals surface area contributed by atoms with E-state index in [0.717, 1.165) is 82.9 Å². The number of hydrogen-bond acceptors (Lipinski definition) is 8. The number of benzene rings is 2. The molecular formula is C35H41N7O3S. The van der Waals surface area contributed by atoms with E-state index in [-0.39, 0.29) is 17.9 Å². The van der Waals surface area contributed by atoms with Crippen molar-refractivity contribution in [2.75, 3.05) is 52.4 Å². The Bertz CT molecular complexity index is 1510. The molecule has 46 heavy (non-hydrogen) atoms. The van der Waals surface area contributed by atoms with Gasteiger partial charge in [-0.25, -0.2) is 0 Å². The Balaban J connectivity index is 0.918. The van der Waals surface area contributed by atoms with Gasteiger partial charge in [0.15, 0.2) is 4.90 Å². The van der Waals surface area contributed by atoms with Crippen molar-refractivity contribution in [1.29, 1.82) is 5.26 Å². The molecule has 1 unspecified atom stereocenters. The van der Waals surface area contributed by atoms with Gasteiger partial charge in [-0.15, -0.1) is 4.31 Å². The third kappa shape index (κ3) is 8.13. The minimum absolute atomic E-state index is 0.0964. The first kappa shape index (κ1) is 32.2. The number of carbonyl (C=O) groups is 2. The highest BCUT2D eigenvalue weighted by atomic mass is 32.2. The Morgan fingerprint density at radius 1 is 0.826 bits per heavy atom. The molecule has 10 nitrogen and oxygen atoms in total. The molecule has 0 spiro atoms. The summed E-state index contributed by atoms with van der Waals surface area (Å²) in [5, 5.41) is 12.1. The van der Waals surface area contributed by atoms with Crippen LogP contribution in [-0.4, -0.2) is 98.8 Å². The monoisotopic (exact) mass is 639 g/mol. The summed E-state index contributed by atoms with van der Waals surface area (Å²) >= 11 is -1.08. The largest absolute Gasteiger partial charge is 0.593 e. The van der Waals surface area contributed by atoms with Crippen LogP contribution in [0.15, 0.2) is 71.8 Å². The average Bonchev–Trinajstić information content (AvgIpc) is 3.65. The maximum Gasteiger partial charge on any atom is 0.272 e. The van der Waals surface area contributed by atoms with Crippen molar-refractivity contribution >= 4 is 23.2 Å². The molecule has 2 amide bonds. The number of amides is 2. The lowest BCUT2D eigenvalue weighted by Gasteiger charge is -2.34. The maximum absolute atomic E-state index is 13.2. The Morgan fingerprint density at radius 2 is 1.43 bits per heavy atom. The summed E-state index contributed by atoms with van der Waals surface area (Å²) < 4.78 is 14.8. The smallest absolute Gasteiger partial charge is 0.272 e. The van der Waals surface area contributed by atoms with Crippen LogP contribution in [-0.2, 0) is 24.5 Å². The molecule has 6 rings (SSSR count). The van der Waals surface area contributed by atoms with Crippen LogP contribution in [0.2, 0.25) is 0 Å². The van der Waals surface area contributed by atoms with E-state index in [1.165, 1.54) is 17.3 Å². The van der Waals surface area contributed by atoms with Gasteiger partial charge in [0.05, 0.1) is 28.6 Å². The Labute approximate surface area is 274 Å². The predicted octanol–water partition coefficient (Wildman–Crippen LogP) is 3.42. The molecule has 3 aliphatic heterocycles. The van der Waals surface area contributed by atoms with E-state index in [1.807, 2.05) is 45.6 Å². The van der Waals surface area contributed by atoms with Crippen LogP contribution in [0, 0.1) is 11.3 Å². The molecule has 1 N–H and O–H groups in total. The second-order valence-corrected chi connectivity index (χ2v) is 13.8. The molecular weight excluding hydrogens is 598 g/mol. The van der Waals surface area contributed by atoms with Crippen molar-refractivity contribution in [3.63, 3.8) is 0 Å². The number of piperidine rings is 1. The minimum Gasteiger partial charge on any atom is -0.593 e. The highest BCUT2D eigenvalue weighted by Gasteiger charge is 2.27. The number of hydrogen-bond donors (Lipinski definition) is 1. The first-order valence-electron chi connectivity index (χ1n) is 16.2. The molecule has 4 heterocycles. The zero-order chi connectivity index (χ0) is 31.9. The van der Waals surface area contributed by atoms with Gasteiger partial charge in [-0.05, 0) is 73.2 Å². The van der Waals surface area contributed by atoms with Crippen molar-refractivity contribution < 1.29 is 14.1 Å². The summed E-state index contributed by atoms with van der Waals surface area (Å²) in [6, 6.07) is 21.3. The van der Waals surface area contributed by atoms with Gasteiger partial charge in [-0.2, -0.15) is 5.26 Å². The number of aromatic nitrogens is 1. The third-order valence-electron chi connectivity index (χ3n) is 9.15. The molecule has 0 bridgehead atoms. The molecule has 1 aromatic heterocycles. The molecule has 3 aromatic rings. The normalized spacial score (nSPS) is 19.1. The zero-order valence-electron chi connectivity index (χ0n) is 26.1. The van der Waals surface area contributed by atoms with E-state index in [1.54, 1.807) is 12.1 Å². The maximum atomic E-state index is 13.2. The van der Waals surface area contributed by atoms with Crippen LogP contribution < -0.4 is 5.32 Å². The number of rotatable bonds is 9. The van der Waals surface area contributed by atoms with Gasteiger partial charge in [0, 0.05) is 77.7 Å². The van der Waals surface area contributed by atoms with Gasteiger partial charge in [0.1, 0.15) is 5.69 Å². The summed E-state index contributed by atoms with van der Waals surface area (Å²) in [5.74, 6) is -0.282. The first-order chi connectivity index (χ1) is 22.4. The topological polar surface area (TPSA) is 119 Å². The fourth-order valence-electron chi connectivity index (χ4n) is 6.35. The Hall–Kier alpha value is -3.79. The third-order valence-corrected chi connectivity index (χ3v) is 10.7. The van der Waals surface area contributed by atoms with E-state index < -0.39 is 11.4 Å². The first-order valence-corrected chi connectivity index (χ1v) is 17.3. The Morgan fingerprint density at radius 3 is 2.02 bits per heavy atom. The van der Waals surface area contributed by atoms with Crippen molar-refractivity contribution in [2.45, 2.75) is 49.7 Å². The molecule has 2 aromatic carbocycles. The number of likely N-dealkylation sites (tertiary alicyclic amines) is 1. The van der Waals surface area contributed by atoms with E-state index in [2.05, 4.69) is 38.3 Å². The summed E-state index contributed by atoms with van der Waals surface area (Å²) in [6.45, 7) is 7.95. The van der Waals surface area contributed by atoms with Gasteiger partial charge in [0.2, 0.25) is 0 Å². The highest BCUT2D eigenvalue weighted by molar-refractivity contribution is 7.89. The second-order valence-electron chi connectivity index (χ2n) is 12.4. The van der Waals surface area contributed by atoms with Gasteiger partial charge in [0.25, 0.3) is 11.8 Å². The van der Waals surface area contributed by atoms with Crippen LogP contribution in [0.25, 0.3) is 0 Å². The van der Waals surface area contributed by atoms with Crippen LogP contribution in [0.3, 0.4) is 0 Å². The lowest BCUT2D eigenvalue weighted by molar-refractivity contribution is 0.0622. The molecule has 3 aliphatic rings. The summed E-state index contributed by atoms with van der Waals surface area (Å²) in [6.07, 6.45) is 5.45. The summed E-state index contributed by atoms with van der Waals surface area (Å²) in [4.78, 5) is 37.8. The van der Waals surface area contributed by atoms with Crippen molar-refractivity contribution in [2.24, 2.45) is 0 Å². The lowest BCUT2D eigenvalue weighted by Crippen LogP contribution is -2.48. The van der Waals surface area contributed by atoms with Gasteiger partial charge < -0.3 is 14.8 Å². The van der Waals surface area contributed by atoms with E-state index in [4.69, 9.17) is 5.26 Å². The second kappa shape index (κ2) is 15.2. The molecule has 0 aliphatic carbocycles. The predicted molar refractivity (Wildman–Crippen MR) is 176 cm³/mol. The zero-order valence-corrected chi connectivity index (χ0v) is 27.0. The van der Waals surface area contributed by atoms with Crippen LogP contribution in [0.1, 0.15) is 63.2 Å². The molecule has 0 saturated carbocycles. The number of carbonyl (C=O) groups excluding carboxylic acids is 2. The Kier molecular flexibility index (Phi) is 10.6. The van der Waals surface area contributed by atoms with E-state index in [0.29, 0.717) is 29.9 Å². The number of nitrogens with zero attached hydrogens (tertiary/aromatic N) is 6. The SMILES string of the molecule is N#Cc1ccc(CN2CCC(NC(=O)c3ccc(C(=O)N4CCN(Cc5ccc([S+]([O-])N6CCCC6)cc5)CC4)nc3)CC2)cc1. The molecule has 3 saturated heterocycles. The molecule has 0 radical (unpaired) electrons. The molecule has 1 atom stereocenters. The molecule has 240 valence electrons.